The van der Waals surface area contributed by atoms with Gasteiger partial charge in [-0.3, -0.25) is 4.99 Å². The van der Waals surface area contributed by atoms with Crippen molar-refractivity contribution in [2.45, 2.75) is 46.5 Å². The summed E-state index contributed by atoms with van der Waals surface area (Å²) in [6.07, 6.45) is 4.17. The van der Waals surface area contributed by atoms with Crippen molar-refractivity contribution in [2.24, 2.45) is 22.6 Å². The molecule has 110 valence electrons. The van der Waals surface area contributed by atoms with Gasteiger partial charge >= 0.3 is 0 Å². The molecule has 0 aliphatic carbocycles. The SMILES string of the molecule is CCCCNC(N)=NCC(CCO)CC(C)C.I. The van der Waals surface area contributed by atoms with Gasteiger partial charge in [-0.1, -0.05) is 27.2 Å². The Morgan fingerprint density at radius 2 is 2.06 bits per heavy atom. The van der Waals surface area contributed by atoms with E-state index in [9.17, 15) is 0 Å². The quantitative estimate of drug-likeness (QED) is 0.252. The average molecular weight is 371 g/mol. The third-order valence-corrected chi connectivity index (χ3v) is 2.70. The van der Waals surface area contributed by atoms with Gasteiger partial charge in [-0.15, -0.1) is 24.0 Å². The maximum Gasteiger partial charge on any atom is 0.188 e. The Morgan fingerprint density at radius 1 is 1.39 bits per heavy atom. The van der Waals surface area contributed by atoms with Crippen LogP contribution in [-0.4, -0.2) is 30.8 Å². The Balaban J connectivity index is 0. The molecule has 1 atom stereocenters. The zero-order chi connectivity index (χ0) is 13.1. The number of hydrogen-bond donors (Lipinski definition) is 3. The van der Waals surface area contributed by atoms with E-state index in [1.54, 1.807) is 0 Å². The lowest BCUT2D eigenvalue weighted by Crippen LogP contribution is -2.33. The molecule has 0 saturated heterocycles. The Morgan fingerprint density at radius 3 is 2.56 bits per heavy atom. The average Bonchev–Trinajstić information content (AvgIpc) is 2.26. The smallest absolute Gasteiger partial charge is 0.188 e. The molecular weight excluding hydrogens is 341 g/mol. The number of hydrogen-bond acceptors (Lipinski definition) is 2. The minimum atomic E-state index is 0. The van der Waals surface area contributed by atoms with E-state index < -0.39 is 0 Å². The second kappa shape index (κ2) is 13.4. The molecule has 0 aliphatic heterocycles. The summed E-state index contributed by atoms with van der Waals surface area (Å²) in [5.74, 6) is 1.60. The Labute approximate surface area is 129 Å². The van der Waals surface area contributed by atoms with Crippen molar-refractivity contribution in [3.63, 3.8) is 0 Å². The number of rotatable bonds is 9. The van der Waals surface area contributed by atoms with Crippen molar-refractivity contribution < 1.29 is 5.11 Å². The van der Waals surface area contributed by atoms with E-state index in [4.69, 9.17) is 10.8 Å². The van der Waals surface area contributed by atoms with Crippen molar-refractivity contribution in [1.29, 1.82) is 0 Å². The third-order valence-electron chi connectivity index (χ3n) is 2.70. The maximum absolute atomic E-state index is 8.99. The molecule has 1 unspecified atom stereocenters. The minimum absolute atomic E-state index is 0. The Hall–Kier alpha value is -0.0400. The summed E-state index contributed by atoms with van der Waals surface area (Å²) in [4.78, 5) is 4.34. The normalized spacial score (nSPS) is 13.3. The molecule has 0 fully saturated rings. The molecule has 0 spiro atoms. The molecule has 0 radical (unpaired) electrons. The summed E-state index contributed by atoms with van der Waals surface area (Å²) in [6.45, 7) is 8.36. The third kappa shape index (κ3) is 12.4. The molecule has 18 heavy (non-hydrogen) atoms. The summed E-state index contributed by atoms with van der Waals surface area (Å²) < 4.78 is 0. The van der Waals surface area contributed by atoms with Crippen molar-refractivity contribution in [2.75, 3.05) is 19.7 Å². The van der Waals surface area contributed by atoms with E-state index in [0.29, 0.717) is 24.3 Å². The molecule has 0 aromatic heterocycles. The van der Waals surface area contributed by atoms with Crippen molar-refractivity contribution in [3.8, 4) is 0 Å². The summed E-state index contributed by atoms with van der Waals surface area (Å²) in [6, 6.07) is 0. The molecule has 0 aliphatic rings. The number of nitrogens with two attached hydrogens (primary N) is 1. The first-order valence-electron chi connectivity index (χ1n) is 6.74. The Bertz CT molecular complexity index is 210. The van der Waals surface area contributed by atoms with E-state index in [1.165, 1.54) is 0 Å². The fourth-order valence-electron chi connectivity index (χ4n) is 1.81. The van der Waals surface area contributed by atoms with E-state index in [2.05, 4.69) is 31.1 Å². The van der Waals surface area contributed by atoms with E-state index in [0.717, 1.165) is 32.2 Å². The van der Waals surface area contributed by atoms with Crippen molar-refractivity contribution in [1.82, 2.24) is 5.32 Å². The molecule has 0 heterocycles. The molecule has 0 rings (SSSR count). The summed E-state index contributed by atoms with van der Waals surface area (Å²) in [7, 11) is 0. The molecule has 0 aromatic carbocycles. The first kappa shape index (κ1) is 20.3. The monoisotopic (exact) mass is 371 g/mol. The van der Waals surface area contributed by atoms with Crippen LogP contribution in [0, 0.1) is 11.8 Å². The highest BCUT2D eigenvalue weighted by Crippen LogP contribution is 2.15. The fraction of sp³-hybridized carbons (Fsp3) is 0.923. The number of aliphatic hydroxyl groups excluding tert-OH is 1. The molecular formula is C13H30IN3O. The summed E-state index contributed by atoms with van der Waals surface area (Å²) in [5, 5.41) is 12.1. The van der Waals surface area contributed by atoms with Gasteiger partial charge in [0.15, 0.2) is 5.96 Å². The number of nitrogens with zero attached hydrogens (tertiary/aromatic N) is 1. The first-order chi connectivity index (χ1) is 8.10. The number of aliphatic imine (C=N–C) groups is 1. The second-order valence-electron chi connectivity index (χ2n) is 5.01. The van der Waals surface area contributed by atoms with Crippen LogP contribution >= 0.6 is 24.0 Å². The largest absolute Gasteiger partial charge is 0.396 e. The number of unbranched alkanes of at least 4 members (excludes halogenated alkanes) is 1. The zero-order valence-electron chi connectivity index (χ0n) is 12.0. The van der Waals surface area contributed by atoms with E-state index >= 15 is 0 Å². The highest BCUT2D eigenvalue weighted by atomic mass is 127. The number of halogens is 1. The van der Waals surface area contributed by atoms with Crippen LogP contribution in [0.1, 0.15) is 46.5 Å². The summed E-state index contributed by atoms with van der Waals surface area (Å²) >= 11 is 0. The van der Waals surface area contributed by atoms with Crippen LogP contribution in [0.25, 0.3) is 0 Å². The van der Waals surface area contributed by atoms with Crippen molar-refractivity contribution in [3.05, 3.63) is 0 Å². The van der Waals surface area contributed by atoms with Crippen LogP contribution in [0.3, 0.4) is 0 Å². The van der Waals surface area contributed by atoms with Gasteiger partial charge in [0, 0.05) is 19.7 Å². The molecule has 4 nitrogen and oxygen atoms in total. The van der Waals surface area contributed by atoms with Crippen LogP contribution in [0.2, 0.25) is 0 Å². The topological polar surface area (TPSA) is 70.6 Å². The van der Waals surface area contributed by atoms with Gasteiger partial charge in [0.2, 0.25) is 0 Å². The predicted molar refractivity (Wildman–Crippen MR) is 89.5 cm³/mol. The van der Waals surface area contributed by atoms with Crippen LogP contribution in [0.5, 0.6) is 0 Å². The molecule has 0 aromatic rings. The number of nitrogens with one attached hydrogen (secondary N) is 1. The minimum Gasteiger partial charge on any atom is -0.396 e. The first-order valence-corrected chi connectivity index (χ1v) is 6.74. The predicted octanol–water partition coefficient (Wildman–Crippen LogP) is 2.35. The molecule has 0 saturated carbocycles. The molecule has 4 N–H and O–H groups in total. The molecule has 0 bridgehead atoms. The van der Waals surface area contributed by atoms with Gasteiger partial charge in [0.25, 0.3) is 0 Å². The highest BCUT2D eigenvalue weighted by Gasteiger charge is 2.09. The van der Waals surface area contributed by atoms with E-state index in [-0.39, 0.29) is 30.6 Å². The van der Waals surface area contributed by atoms with Gasteiger partial charge < -0.3 is 16.2 Å². The van der Waals surface area contributed by atoms with Gasteiger partial charge in [0.1, 0.15) is 0 Å². The standard InChI is InChI=1S/C13H29N3O.HI/c1-4-5-7-15-13(14)16-10-12(6-8-17)9-11(2)3;/h11-12,17H,4-10H2,1-3H3,(H3,14,15,16);1H. The Kier molecular flexibility index (Phi) is 15.1. The van der Waals surface area contributed by atoms with Crippen LogP contribution in [0.4, 0.5) is 0 Å². The van der Waals surface area contributed by atoms with Crippen LogP contribution in [-0.2, 0) is 0 Å². The van der Waals surface area contributed by atoms with Gasteiger partial charge in [-0.25, -0.2) is 0 Å². The lowest BCUT2D eigenvalue weighted by molar-refractivity contribution is 0.246. The van der Waals surface area contributed by atoms with Crippen LogP contribution in [0.15, 0.2) is 4.99 Å². The zero-order valence-corrected chi connectivity index (χ0v) is 14.3. The molecule has 5 heteroatoms. The molecule has 0 amide bonds. The number of aliphatic hydroxyl groups is 1. The van der Waals surface area contributed by atoms with Gasteiger partial charge in [0.05, 0.1) is 0 Å². The fourth-order valence-corrected chi connectivity index (χ4v) is 1.81. The lowest BCUT2D eigenvalue weighted by atomic mass is 9.94. The highest BCUT2D eigenvalue weighted by molar-refractivity contribution is 14.0. The lowest BCUT2D eigenvalue weighted by Gasteiger charge is -2.16. The van der Waals surface area contributed by atoms with Gasteiger partial charge in [-0.05, 0) is 31.1 Å². The summed E-state index contributed by atoms with van der Waals surface area (Å²) in [5.41, 5.74) is 5.77. The van der Waals surface area contributed by atoms with Crippen molar-refractivity contribution >= 4 is 29.9 Å². The second-order valence-corrected chi connectivity index (χ2v) is 5.01. The van der Waals surface area contributed by atoms with Gasteiger partial charge in [-0.2, -0.15) is 0 Å². The maximum atomic E-state index is 8.99. The van der Waals surface area contributed by atoms with Crippen LogP contribution < -0.4 is 11.1 Å². The number of guanidine groups is 1. The van der Waals surface area contributed by atoms with E-state index in [1.807, 2.05) is 0 Å².